The molecule has 2 heterocycles. The van der Waals surface area contributed by atoms with Crippen molar-refractivity contribution in [1.82, 2.24) is 4.98 Å². The van der Waals surface area contributed by atoms with Crippen molar-refractivity contribution in [3.63, 3.8) is 0 Å². The predicted molar refractivity (Wildman–Crippen MR) is 71.5 cm³/mol. The monoisotopic (exact) mass is 289 g/mol. The van der Waals surface area contributed by atoms with E-state index in [1.165, 1.54) is 18.4 Å². The van der Waals surface area contributed by atoms with Crippen LogP contribution in [0.5, 0.6) is 0 Å². The molecule has 0 aliphatic heterocycles. The van der Waals surface area contributed by atoms with Gasteiger partial charge in [-0.15, -0.1) is 0 Å². The standard InChI is InChI=1S/C14H8FNO3S/c15-10-2-1-8(14(17)18)7-12(10)20-13-9-4-6-19-11(9)3-5-16-13/h1-7H,(H,17,18). The fourth-order valence-corrected chi connectivity index (χ4v) is 2.72. The molecule has 0 aliphatic rings. The molecule has 0 saturated heterocycles. The van der Waals surface area contributed by atoms with Crippen molar-refractivity contribution in [3.8, 4) is 0 Å². The molecular formula is C14H8FNO3S. The number of carboxylic acids is 1. The molecular weight excluding hydrogens is 281 g/mol. The minimum Gasteiger partial charge on any atom is -0.478 e. The van der Waals surface area contributed by atoms with E-state index in [4.69, 9.17) is 9.52 Å². The minimum absolute atomic E-state index is 0.0354. The van der Waals surface area contributed by atoms with Gasteiger partial charge in [0.2, 0.25) is 0 Å². The molecule has 0 fully saturated rings. The Balaban J connectivity index is 2.04. The molecule has 1 aromatic carbocycles. The third kappa shape index (κ3) is 2.25. The SMILES string of the molecule is O=C(O)c1ccc(F)c(Sc2nccc3occc23)c1. The Morgan fingerprint density at radius 2 is 2.15 bits per heavy atom. The number of furan rings is 1. The lowest BCUT2D eigenvalue weighted by Crippen LogP contribution is -1.97. The normalized spacial score (nSPS) is 10.8. The number of halogens is 1. The van der Waals surface area contributed by atoms with Crippen LogP contribution in [0.25, 0.3) is 11.0 Å². The number of hydrogen-bond donors (Lipinski definition) is 1. The molecule has 0 unspecified atom stereocenters. The zero-order chi connectivity index (χ0) is 14.1. The Morgan fingerprint density at radius 1 is 1.30 bits per heavy atom. The maximum atomic E-state index is 13.8. The Labute approximate surface area is 117 Å². The Morgan fingerprint density at radius 3 is 2.95 bits per heavy atom. The van der Waals surface area contributed by atoms with Crippen LogP contribution in [0.1, 0.15) is 10.4 Å². The molecule has 0 atom stereocenters. The highest BCUT2D eigenvalue weighted by Crippen LogP contribution is 2.34. The molecule has 0 amide bonds. The first kappa shape index (κ1) is 12.7. The largest absolute Gasteiger partial charge is 0.478 e. The molecule has 2 aromatic heterocycles. The van der Waals surface area contributed by atoms with Gasteiger partial charge in [0, 0.05) is 6.20 Å². The van der Waals surface area contributed by atoms with Crippen LogP contribution in [0.2, 0.25) is 0 Å². The van der Waals surface area contributed by atoms with E-state index in [0.717, 1.165) is 23.2 Å². The second-order valence-electron chi connectivity index (χ2n) is 4.00. The summed E-state index contributed by atoms with van der Waals surface area (Å²) in [7, 11) is 0. The summed E-state index contributed by atoms with van der Waals surface area (Å²) in [6.07, 6.45) is 3.09. The highest BCUT2D eigenvalue weighted by atomic mass is 32.2. The van der Waals surface area contributed by atoms with Crippen LogP contribution in [-0.2, 0) is 0 Å². The van der Waals surface area contributed by atoms with Gasteiger partial charge in [0.25, 0.3) is 0 Å². The quantitative estimate of drug-likeness (QED) is 0.794. The van der Waals surface area contributed by atoms with Gasteiger partial charge >= 0.3 is 5.97 Å². The molecule has 3 aromatic rings. The van der Waals surface area contributed by atoms with Crippen LogP contribution in [0.15, 0.2) is 57.1 Å². The maximum absolute atomic E-state index is 13.8. The van der Waals surface area contributed by atoms with Crippen molar-refractivity contribution in [1.29, 1.82) is 0 Å². The molecule has 4 nitrogen and oxygen atoms in total. The molecule has 6 heteroatoms. The van der Waals surface area contributed by atoms with E-state index in [1.54, 1.807) is 18.3 Å². The lowest BCUT2D eigenvalue weighted by atomic mass is 10.2. The number of aromatic nitrogens is 1. The Bertz CT molecular complexity index is 800. The van der Waals surface area contributed by atoms with Crippen molar-refractivity contribution < 1.29 is 18.7 Å². The maximum Gasteiger partial charge on any atom is 0.335 e. The number of nitrogens with zero attached hydrogens (tertiary/aromatic N) is 1. The molecule has 3 rings (SSSR count). The average molecular weight is 289 g/mol. The Kier molecular flexibility index (Phi) is 3.15. The topological polar surface area (TPSA) is 63.3 Å². The zero-order valence-electron chi connectivity index (χ0n) is 10.0. The summed E-state index contributed by atoms with van der Waals surface area (Å²) >= 11 is 1.07. The van der Waals surface area contributed by atoms with Crippen molar-refractivity contribution in [2.75, 3.05) is 0 Å². The van der Waals surface area contributed by atoms with E-state index in [2.05, 4.69) is 4.98 Å². The highest BCUT2D eigenvalue weighted by Gasteiger charge is 2.12. The second kappa shape index (κ2) is 4.97. The predicted octanol–water partition coefficient (Wildman–Crippen LogP) is 3.82. The minimum atomic E-state index is -1.10. The first-order chi connectivity index (χ1) is 9.65. The van der Waals surface area contributed by atoms with Gasteiger partial charge in [-0.2, -0.15) is 0 Å². The third-order valence-corrected chi connectivity index (χ3v) is 3.78. The van der Waals surface area contributed by atoms with Gasteiger partial charge in [0.1, 0.15) is 16.4 Å². The third-order valence-electron chi connectivity index (χ3n) is 2.73. The number of benzene rings is 1. The molecule has 0 spiro atoms. The van der Waals surface area contributed by atoms with Crippen LogP contribution in [0.3, 0.4) is 0 Å². The fourth-order valence-electron chi connectivity index (χ4n) is 1.77. The summed E-state index contributed by atoms with van der Waals surface area (Å²) < 4.78 is 19.0. The zero-order valence-corrected chi connectivity index (χ0v) is 10.9. The van der Waals surface area contributed by atoms with Gasteiger partial charge in [-0.3, -0.25) is 0 Å². The van der Waals surface area contributed by atoms with E-state index in [-0.39, 0.29) is 10.5 Å². The van der Waals surface area contributed by atoms with Crippen LogP contribution in [0.4, 0.5) is 4.39 Å². The number of hydrogen-bond acceptors (Lipinski definition) is 4. The summed E-state index contributed by atoms with van der Waals surface area (Å²) in [5.41, 5.74) is 0.686. The van der Waals surface area contributed by atoms with Crippen molar-refractivity contribution >= 4 is 28.7 Å². The van der Waals surface area contributed by atoms with E-state index in [0.29, 0.717) is 10.6 Å². The van der Waals surface area contributed by atoms with E-state index >= 15 is 0 Å². The summed E-state index contributed by atoms with van der Waals surface area (Å²) in [5.74, 6) is -1.58. The average Bonchev–Trinajstić information content (AvgIpc) is 2.90. The number of carboxylic acid groups (broad SMARTS) is 1. The smallest absolute Gasteiger partial charge is 0.335 e. The first-order valence-corrected chi connectivity index (χ1v) is 6.50. The molecule has 0 aliphatic carbocycles. The van der Waals surface area contributed by atoms with Gasteiger partial charge < -0.3 is 9.52 Å². The summed E-state index contributed by atoms with van der Waals surface area (Å²) in [5, 5.41) is 10.3. The fraction of sp³-hybridized carbons (Fsp3) is 0. The van der Waals surface area contributed by atoms with Crippen molar-refractivity contribution in [2.24, 2.45) is 0 Å². The van der Waals surface area contributed by atoms with Crippen molar-refractivity contribution in [3.05, 3.63) is 54.2 Å². The summed E-state index contributed by atoms with van der Waals surface area (Å²) in [4.78, 5) is 15.3. The number of pyridine rings is 1. The van der Waals surface area contributed by atoms with Gasteiger partial charge in [-0.05, 0) is 30.3 Å². The lowest BCUT2D eigenvalue weighted by Gasteiger charge is -2.04. The summed E-state index contributed by atoms with van der Waals surface area (Å²) in [6, 6.07) is 7.12. The summed E-state index contributed by atoms with van der Waals surface area (Å²) in [6.45, 7) is 0. The van der Waals surface area contributed by atoms with Crippen LogP contribution < -0.4 is 0 Å². The van der Waals surface area contributed by atoms with Gasteiger partial charge in [-0.1, -0.05) is 11.8 Å². The number of aromatic carboxylic acids is 1. The van der Waals surface area contributed by atoms with Crippen molar-refractivity contribution in [2.45, 2.75) is 9.92 Å². The van der Waals surface area contributed by atoms with E-state index in [1.807, 2.05) is 0 Å². The molecule has 1 N–H and O–H groups in total. The highest BCUT2D eigenvalue weighted by molar-refractivity contribution is 7.99. The van der Waals surface area contributed by atoms with Gasteiger partial charge in [-0.25, -0.2) is 14.2 Å². The van der Waals surface area contributed by atoms with Crippen LogP contribution in [-0.4, -0.2) is 16.1 Å². The van der Waals surface area contributed by atoms with Gasteiger partial charge in [0.15, 0.2) is 0 Å². The number of carbonyl (C=O) groups is 1. The second-order valence-corrected chi connectivity index (χ2v) is 5.03. The van der Waals surface area contributed by atoms with E-state index in [9.17, 15) is 9.18 Å². The lowest BCUT2D eigenvalue weighted by molar-refractivity contribution is 0.0696. The molecule has 20 heavy (non-hydrogen) atoms. The van der Waals surface area contributed by atoms with Crippen LogP contribution in [0, 0.1) is 5.82 Å². The number of rotatable bonds is 3. The number of fused-ring (bicyclic) bond motifs is 1. The Hall–Kier alpha value is -2.34. The molecule has 100 valence electrons. The van der Waals surface area contributed by atoms with E-state index < -0.39 is 11.8 Å². The molecule has 0 radical (unpaired) electrons. The van der Waals surface area contributed by atoms with Gasteiger partial charge in [0.05, 0.1) is 22.1 Å². The first-order valence-electron chi connectivity index (χ1n) is 5.68. The molecule has 0 bridgehead atoms. The molecule has 0 saturated carbocycles. The van der Waals surface area contributed by atoms with Crippen LogP contribution >= 0.6 is 11.8 Å².